The zero-order valence-electron chi connectivity index (χ0n) is 18.4. The van der Waals surface area contributed by atoms with E-state index in [9.17, 15) is 0 Å². The number of allylic oxidation sites excluding steroid dienone is 4. The van der Waals surface area contributed by atoms with Crippen LogP contribution >= 0.6 is 15.9 Å². The molecular weight excluding hydrogens is 416 g/mol. The summed E-state index contributed by atoms with van der Waals surface area (Å²) >= 11 is 3.56. The van der Waals surface area contributed by atoms with Gasteiger partial charge in [-0.25, -0.2) is 0 Å². The molecule has 0 radical (unpaired) electrons. The molecule has 0 bridgehead atoms. The minimum Gasteiger partial charge on any atom is -0.0764 e. The summed E-state index contributed by atoms with van der Waals surface area (Å²) in [4.78, 5) is 0. The van der Waals surface area contributed by atoms with Crippen molar-refractivity contribution in [1.82, 2.24) is 0 Å². The largest absolute Gasteiger partial charge is 0.0764 e. The summed E-state index contributed by atoms with van der Waals surface area (Å²) in [7, 11) is 0. The zero-order valence-corrected chi connectivity index (χ0v) is 20.0. The molecule has 0 N–H and O–H groups in total. The van der Waals surface area contributed by atoms with E-state index in [0.717, 1.165) is 4.47 Å². The topological polar surface area (TPSA) is 0 Å². The Hall–Kier alpha value is -1.86. The molecule has 0 spiro atoms. The predicted octanol–water partition coefficient (Wildman–Crippen LogP) is 6.88. The molecule has 0 saturated heterocycles. The van der Waals surface area contributed by atoms with Crippen molar-refractivity contribution in [3.8, 4) is 11.1 Å². The van der Waals surface area contributed by atoms with Gasteiger partial charge in [0, 0.05) is 16.3 Å². The van der Waals surface area contributed by atoms with Crippen LogP contribution in [-0.4, -0.2) is 0 Å². The second-order valence-electron chi connectivity index (χ2n) is 10.4. The van der Waals surface area contributed by atoms with Gasteiger partial charge in [-0.1, -0.05) is 106 Å². The fraction of sp³-hybridized carbons (Fsp3) is 0.357. The molecule has 29 heavy (non-hydrogen) atoms. The monoisotopic (exact) mass is 446 g/mol. The lowest BCUT2D eigenvalue weighted by atomic mass is 9.62. The van der Waals surface area contributed by atoms with Gasteiger partial charge in [-0.2, -0.15) is 0 Å². The van der Waals surface area contributed by atoms with Crippen molar-refractivity contribution in [1.29, 1.82) is 0 Å². The van der Waals surface area contributed by atoms with E-state index in [2.05, 4.69) is 124 Å². The van der Waals surface area contributed by atoms with Crippen LogP contribution in [0.5, 0.6) is 0 Å². The first-order valence-electron chi connectivity index (χ1n) is 10.6. The fourth-order valence-corrected chi connectivity index (χ4v) is 5.41. The summed E-state index contributed by atoms with van der Waals surface area (Å²) in [5, 5.41) is 2.87. The van der Waals surface area contributed by atoms with E-state index in [-0.39, 0.29) is 10.8 Å². The van der Waals surface area contributed by atoms with Crippen LogP contribution in [0.3, 0.4) is 0 Å². The molecule has 0 nitrogen and oxygen atoms in total. The van der Waals surface area contributed by atoms with Crippen molar-refractivity contribution >= 4 is 27.1 Å². The number of benzene rings is 2. The van der Waals surface area contributed by atoms with Gasteiger partial charge in [-0.3, -0.25) is 0 Å². The summed E-state index contributed by atoms with van der Waals surface area (Å²) in [6.45, 7) is 14.2. The van der Waals surface area contributed by atoms with Gasteiger partial charge >= 0.3 is 0 Å². The zero-order chi connectivity index (χ0) is 21.0. The fourth-order valence-electron chi connectivity index (χ4n) is 5.15. The van der Waals surface area contributed by atoms with Gasteiger partial charge in [-0.15, -0.1) is 0 Å². The number of fused-ring (bicyclic) bond motifs is 2. The molecular formula is C28H31Br. The summed E-state index contributed by atoms with van der Waals surface area (Å²) in [5.74, 6) is 0.877. The van der Waals surface area contributed by atoms with Gasteiger partial charge in [0.15, 0.2) is 0 Å². The molecule has 0 amide bonds. The molecule has 150 valence electrons. The number of hydrogen-bond acceptors (Lipinski definition) is 0. The van der Waals surface area contributed by atoms with Crippen molar-refractivity contribution in [2.45, 2.75) is 41.5 Å². The maximum absolute atomic E-state index is 3.56. The van der Waals surface area contributed by atoms with Crippen LogP contribution in [0, 0.1) is 22.7 Å². The molecule has 1 heteroatoms. The lowest BCUT2D eigenvalue weighted by Crippen LogP contribution is -2.45. The highest BCUT2D eigenvalue weighted by atomic mass is 79.9. The van der Waals surface area contributed by atoms with E-state index >= 15 is 0 Å². The molecule has 0 aromatic heterocycles. The lowest BCUT2D eigenvalue weighted by Gasteiger charge is -2.42. The van der Waals surface area contributed by atoms with Gasteiger partial charge in [0.1, 0.15) is 0 Å². The summed E-state index contributed by atoms with van der Waals surface area (Å²) < 4.78 is 1.12. The molecule has 0 saturated carbocycles. The average Bonchev–Trinajstić information content (AvgIpc) is 2.64. The molecule has 2 aliphatic carbocycles. The molecule has 0 aliphatic heterocycles. The quantitative estimate of drug-likeness (QED) is 0.447. The minimum absolute atomic E-state index is 0.106. The van der Waals surface area contributed by atoms with Gasteiger partial charge in [0.05, 0.1) is 0 Å². The summed E-state index contributed by atoms with van der Waals surface area (Å²) in [6, 6.07) is 15.8. The molecule has 2 aliphatic rings. The SMILES string of the molecule is CC(C)(C)C1=c2ccc(-c3ccc(Br)cc3)cc2=C(C(C)(C)C)C2C=CC=CC12. The maximum atomic E-state index is 3.56. The van der Waals surface area contributed by atoms with E-state index in [1.54, 1.807) is 11.1 Å². The second kappa shape index (κ2) is 7.13. The molecule has 2 aromatic rings. The van der Waals surface area contributed by atoms with Crippen molar-refractivity contribution in [2.75, 3.05) is 0 Å². The van der Waals surface area contributed by atoms with E-state index in [1.165, 1.54) is 21.6 Å². The van der Waals surface area contributed by atoms with Crippen LogP contribution in [0.2, 0.25) is 0 Å². The number of halogens is 1. The third kappa shape index (κ3) is 3.70. The Morgan fingerprint density at radius 1 is 0.621 bits per heavy atom. The third-order valence-corrected chi connectivity index (χ3v) is 6.72. The Kier molecular flexibility index (Phi) is 5.02. The van der Waals surface area contributed by atoms with Gasteiger partial charge in [0.25, 0.3) is 0 Å². The Morgan fingerprint density at radius 3 is 1.62 bits per heavy atom. The minimum atomic E-state index is 0.106. The van der Waals surface area contributed by atoms with E-state index in [1.807, 2.05) is 0 Å². The lowest BCUT2D eigenvalue weighted by molar-refractivity contribution is 0.455. The molecule has 2 aromatic carbocycles. The van der Waals surface area contributed by atoms with Crippen LogP contribution in [0.1, 0.15) is 41.5 Å². The Labute approximate surface area is 183 Å². The van der Waals surface area contributed by atoms with Gasteiger partial charge < -0.3 is 0 Å². The summed E-state index contributed by atoms with van der Waals surface area (Å²) in [6.07, 6.45) is 9.31. The highest BCUT2D eigenvalue weighted by Crippen LogP contribution is 2.47. The Morgan fingerprint density at radius 2 is 1.10 bits per heavy atom. The molecule has 2 unspecified atom stereocenters. The highest BCUT2D eigenvalue weighted by molar-refractivity contribution is 9.10. The van der Waals surface area contributed by atoms with E-state index in [0.29, 0.717) is 11.8 Å². The van der Waals surface area contributed by atoms with Crippen molar-refractivity contribution in [3.05, 3.63) is 81.7 Å². The standard InChI is InChI=1S/C28H31Br/c1-27(2,3)25-21-9-7-8-10-22(21)26(28(4,5)6)24-17-19(13-16-23(24)25)18-11-14-20(29)15-12-18/h7-17,21-22H,1-6H3. The average molecular weight is 447 g/mol. The summed E-state index contributed by atoms with van der Waals surface area (Å²) in [5.41, 5.74) is 5.91. The van der Waals surface area contributed by atoms with Crippen molar-refractivity contribution in [3.63, 3.8) is 0 Å². The Bertz CT molecular complexity index is 1110. The highest BCUT2D eigenvalue weighted by Gasteiger charge is 2.38. The van der Waals surface area contributed by atoms with Gasteiger partial charge in [0.2, 0.25) is 0 Å². The number of hydrogen-bond donors (Lipinski definition) is 0. The molecule has 2 atom stereocenters. The first kappa shape index (κ1) is 20.4. The maximum Gasteiger partial charge on any atom is 0.0175 e. The van der Waals surface area contributed by atoms with E-state index in [4.69, 9.17) is 0 Å². The normalized spacial score (nSPS) is 21.2. The number of rotatable bonds is 1. The molecule has 0 fully saturated rings. The van der Waals surface area contributed by atoms with Crippen LogP contribution in [0.15, 0.2) is 71.2 Å². The van der Waals surface area contributed by atoms with Crippen molar-refractivity contribution < 1.29 is 0 Å². The molecule has 4 rings (SSSR count). The van der Waals surface area contributed by atoms with Crippen LogP contribution in [-0.2, 0) is 0 Å². The van der Waals surface area contributed by atoms with Crippen LogP contribution in [0.25, 0.3) is 22.3 Å². The first-order chi connectivity index (χ1) is 13.6. The van der Waals surface area contributed by atoms with Gasteiger partial charge in [-0.05, 0) is 61.7 Å². The van der Waals surface area contributed by atoms with Crippen LogP contribution < -0.4 is 10.4 Å². The first-order valence-corrected chi connectivity index (χ1v) is 11.4. The predicted molar refractivity (Wildman–Crippen MR) is 130 cm³/mol. The third-order valence-electron chi connectivity index (χ3n) is 6.20. The van der Waals surface area contributed by atoms with E-state index < -0.39 is 0 Å². The Balaban J connectivity index is 2.12. The smallest absolute Gasteiger partial charge is 0.0175 e. The second-order valence-corrected chi connectivity index (χ2v) is 11.3. The van der Waals surface area contributed by atoms with Crippen LogP contribution in [0.4, 0.5) is 0 Å². The van der Waals surface area contributed by atoms with Crippen molar-refractivity contribution in [2.24, 2.45) is 22.7 Å². The molecule has 0 heterocycles.